The molecule has 2 fully saturated rings. The van der Waals surface area contributed by atoms with Crippen LogP contribution < -0.4 is 0 Å². The largest absolute Gasteiger partial charge is 0.396 e. The number of amides is 1. The van der Waals surface area contributed by atoms with Crippen LogP contribution >= 0.6 is 11.6 Å². The number of rotatable bonds is 5. The molecular formula is C15H23ClN4O2. The molecule has 2 aliphatic rings. The molecule has 1 aliphatic heterocycles. The predicted molar refractivity (Wildman–Crippen MR) is 83.9 cm³/mol. The fraction of sp³-hybridized carbons (Fsp3) is 0.733. The van der Waals surface area contributed by atoms with E-state index in [0.29, 0.717) is 30.2 Å². The van der Waals surface area contributed by atoms with Gasteiger partial charge >= 0.3 is 0 Å². The minimum atomic E-state index is -0.0704. The van der Waals surface area contributed by atoms with Crippen LogP contribution in [0.1, 0.15) is 29.8 Å². The van der Waals surface area contributed by atoms with Gasteiger partial charge in [-0.05, 0) is 25.2 Å². The van der Waals surface area contributed by atoms with Crippen molar-refractivity contribution in [2.45, 2.75) is 25.3 Å². The molecule has 1 atom stereocenters. The number of nitrogens with zero attached hydrogens (tertiary/aromatic N) is 4. The Hall–Kier alpha value is -1.11. The number of hydrogen-bond donors (Lipinski definition) is 1. The Labute approximate surface area is 135 Å². The number of aliphatic hydroxyl groups is 1. The summed E-state index contributed by atoms with van der Waals surface area (Å²) < 4.78 is 1.53. The number of piperazine rings is 1. The summed E-state index contributed by atoms with van der Waals surface area (Å²) in [6, 6.07) is 0.232. The summed E-state index contributed by atoms with van der Waals surface area (Å²) in [4.78, 5) is 17.0. The molecule has 1 saturated carbocycles. The molecule has 0 bridgehead atoms. The number of hydrogen-bond acceptors (Lipinski definition) is 4. The fourth-order valence-corrected chi connectivity index (χ4v) is 3.42. The van der Waals surface area contributed by atoms with Gasteiger partial charge in [0.15, 0.2) is 0 Å². The molecule has 0 spiro atoms. The number of aliphatic hydroxyl groups excluding tert-OH is 1. The molecule has 0 unspecified atom stereocenters. The molecule has 1 aromatic heterocycles. The van der Waals surface area contributed by atoms with Gasteiger partial charge in [-0.2, -0.15) is 5.10 Å². The Kier molecular flexibility index (Phi) is 4.70. The summed E-state index contributed by atoms with van der Waals surface area (Å²) in [7, 11) is 1.73. The van der Waals surface area contributed by atoms with Crippen molar-refractivity contribution in [1.29, 1.82) is 0 Å². The maximum Gasteiger partial charge on any atom is 0.273 e. The zero-order valence-corrected chi connectivity index (χ0v) is 13.7. The van der Waals surface area contributed by atoms with E-state index in [-0.39, 0.29) is 18.6 Å². The number of aromatic nitrogens is 2. The molecule has 1 amide bonds. The molecule has 0 radical (unpaired) electrons. The molecule has 22 heavy (non-hydrogen) atoms. The fourth-order valence-electron chi connectivity index (χ4n) is 3.17. The second kappa shape index (κ2) is 6.56. The van der Waals surface area contributed by atoms with Gasteiger partial charge in [0.25, 0.3) is 5.91 Å². The van der Waals surface area contributed by atoms with Crippen molar-refractivity contribution in [1.82, 2.24) is 19.6 Å². The minimum absolute atomic E-state index is 0.0704. The summed E-state index contributed by atoms with van der Waals surface area (Å²) in [6.07, 6.45) is 4.84. The lowest BCUT2D eigenvalue weighted by molar-refractivity contribution is 0.0399. The van der Waals surface area contributed by atoms with Gasteiger partial charge in [-0.3, -0.25) is 14.4 Å². The van der Waals surface area contributed by atoms with Crippen LogP contribution in [0.15, 0.2) is 6.20 Å². The van der Waals surface area contributed by atoms with Crippen molar-refractivity contribution in [3.63, 3.8) is 0 Å². The van der Waals surface area contributed by atoms with Crippen molar-refractivity contribution < 1.29 is 9.90 Å². The zero-order chi connectivity index (χ0) is 15.7. The molecule has 3 rings (SSSR count). The summed E-state index contributed by atoms with van der Waals surface area (Å²) in [6.45, 7) is 3.46. The Morgan fingerprint density at radius 1 is 1.45 bits per heavy atom. The second-order valence-corrected chi connectivity index (χ2v) is 6.73. The van der Waals surface area contributed by atoms with E-state index in [2.05, 4.69) is 10.00 Å². The van der Waals surface area contributed by atoms with Crippen LogP contribution in [0.4, 0.5) is 0 Å². The van der Waals surface area contributed by atoms with E-state index >= 15 is 0 Å². The van der Waals surface area contributed by atoms with Crippen molar-refractivity contribution in [2.24, 2.45) is 13.0 Å². The Morgan fingerprint density at radius 3 is 2.82 bits per heavy atom. The molecule has 122 valence electrons. The zero-order valence-electron chi connectivity index (χ0n) is 12.9. The minimum Gasteiger partial charge on any atom is -0.396 e. The van der Waals surface area contributed by atoms with E-state index in [0.717, 1.165) is 19.0 Å². The van der Waals surface area contributed by atoms with Crippen LogP contribution in [-0.2, 0) is 7.05 Å². The van der Waals surface area contributed by atoms with Gasteiger partial charge in [-0.1, -0.05) is 11.6 Å². The molecule has 1 aromatic rings. The van der Waals surface area contributed by atoms with Gasteiger partial charge in [0.1, 0.15) is 5.69 Å². The highest BCUT2D eigenvalue weighted by atomic mass is 35.5. The first kappa shape index (κ1) is 15.8. The lowest BCUT2D eigenvalue weighted by Crippen LogP contribution is -2.55. The van der Waals surface area contributed by atoms with Crippen LogP contribution in [-0.4, -0.2) is 69.4 Å². The van der Waals surface area contributed by atoms with Crippen LogP contribution in [0.5, 0.6) is 0 Å². The third kappa shape index (κ3) is 3.29. The predicted octanol–water partition coefficient (Wildman–Crippen LogP) is 0.992. The second-order valence-electron chi connectivity index (χ2n) is 6.32. The van der Waals surface area contributed by atoms with Crippen molar-refractivity contribution in [3.05, 3.63) is 16.9 Å². The highest BCUT2D eigenvalue weighted by Gasteiger charge is 2.34. The normalized spacial score (nSPS) is 23.0. The molecular weight excluding hydrogens is 304 g/mol. The number of carbonyl (C=O) groups excluding carboxylic acids is 1. The summed E-state index contributed by atoms with van der Waals surface area (Å²) in [5.41, 5.74) is 0.444. The maximum atomic E-state index is 12.7. The SMILES string of the molecule is Cn1ncc(Cl)c1C(=O)N1CCN(CC2CC2)[C@H](CCO)C1. The van der Waals surface area contributed by atoms with Crippen LogP contribution in [0.25, 0.3) is 0 Å². The number of halogens is 1. The maximum absolute atomic E-state index is 12.7. The van der Waals surface area contributed by atoms with Crippen LogP contribution in [0.2, 0.25) is 5.02 Å². The molecule has 2 heterocycles. The van der Waals surface area contributed by atoms with Gasteiger partial charge in [0.2, 0.25) is 0 Å². The topological polar surface area (TPSA) is 61.6 Å². The average Bonchev–Trinajstić information content (AvgIpc) is 3.25. The number of aryl methyl sites for hydroxylation is 1. The van der Waals surface area contributed by atoms with E-state index < -0.39 is 0 Å². The third-order valence-corrected chi connectivity index (χ3v) is 4.92. The van der Waals surface area contributed by atoms with E-state index in [1.807, 2.05) is 4.90 Å². The van der Waals surface area contributed by atoms with Crippen molar-refractivity contribution >= 4 is 17.5 Å². The first-order chi connectivity index (χ1) is 10.6. The third-order valence-electron chi connectivity index (χ3n) is 4.64. The smallest absolute Gasteiger partial charge is 0.273 e. The molecule has 1 aliphatic carbocycles. The molecule has 1 N–H and O–H groups in total. The van der Waals surface area contributed by atoms with Gasteiger partial charge in [0.05, 0.1) is 11.2 Å². The van der Waals surface area contributed by atoms with Crippen molar-refractivity contribution in [3.8, 4) is 0 Å². The molecule has 6 nitrogen and oxygen atoms in total. The standard InChI is InChI=1S/C15H23ClN4O2/c1-18-14(13(16)8-17-18)15(22)20-6-5-19(9-11-2-3-11)12(10-20)4-7-21/h8,11-12,21H,2-7,9-10H2,1H3/t12-/m1/s1. The first-order valence-corrected chi connectivity index (χ1v) is 8.29. The van der Waals surface area contributed by atoms with Gasteiger partial charge in [-0.25, -0.2) is 0 Å². The van der Waals surface area contributed by atoms with E-state index in [9.17, 15) is 9.90 Å². The number of carbonyl (C=O) groups is 1. The average molecular weight is 327 g/mol. The van der Waals surface area contributed by atoms with Gasteiger partial charge in [-0.15, -0.1) is 0 Å². The van der Waals surface area contributed by atoms with Crippen molar-refractivity contribution in [2.75, 3.05) is 32.8 Å². The van der Waals surface area contributed by atoms with Gasteiger partial charge in [0, 0.05) is 45.9 Å². The summed E-state index contributed by atoms with van der Waals surface area (Å²) in [5, 5.41) is 13.7. The van der Waals surface area contributed by atoms with Crippen LogP contribution in [0, 0.1) is 5.92 Å². The summed E-state index contributed by atoms with van der Waals surface area (Å²) >= 11 is 6.08. The van der Waals surface area contributed by atoms with Crippen LogP contribution in [0.3, 0.4) is 0 Å². The highest BCUT2D eigenvalue weighted by Crippen LogP contribution is 2.31. The quantitative estimate of drug-likeness (QED) is 0.876. The lowest BCUT2D eigenvalue weighted by atomic mass is 10.1. The lowest BCUT2D eigenvalue weighted by Gasteiger charge is -2.41. The van der Waals surface area contributed by atoms with E-state index in [4.69, 9.17) is 11.6 Å². The first-order valence-electron chi connectivity index (χ1n) is 7.91. The highest BCUT2D eigenvalue weighted by molar-refractivity contribution is 6.33. The Bertz CT molecular complexity index is 524. The molecule has 1 saturated heterocycles. The van der Waals surface area contributed by atoms with Gasteiger partial charge < -0.3 is 10.0 Å². The Morgan fingerprint density at radius 2 is 2.23 bits per heavy atom. The van der Waals surface area contributed by atoms with E-state index in [1.165, 1.54) is 23.7 Å². The van der Waals surface area contributed by atoms with E-state index in [1.54, 1.807) is 7.05 Å². The Balaban J connectivity index is 1.69. The monoisotopic (exact) mass is 326 g/mol. The molecule has 0 aromatic carbocycles. The summed E-state index contributed by atoms with van der Waals surface area (Å²) in [5.74, 6) is 0.744. The molecule has 7 heteroatoms.